The van der Waals surface area contributed by atoms with Crippen molar-refractivity contribution in [2.45, 2.75) is 38.1 Å². The standard InChI is InChI=1S/C13H18ClNS/c1-15-11(12-7-8-13(14)16-12)9-10-5-3-2-4-6-10/h5,7-8,11,15H,2-4,6,9H2,1H3. The van der Waals surface area contributed by atoms with E-state index in [0.717, 1.165) is 10.8 Å². The molecule has 1 heterocycles. The van der Waals surface area contributed by atoms with Crippen molar-refractivity contribution in [3.63, 3.8) is 0 Å². The second-order valence-electron chi connectivity index (χ2n) is 4.30. The van der Waals surface area contributed by atoms with Gasteiger partial charge in [-0.2, -0.15) is 0 Å². The third kappa shape index (κ3) is 3.09. The van der Waals surface area contributed by atoms with Crippen LogP contribution in [0.5, 0.6) is 0 Å². The van der Waals surface area contributed by atoms with E-state index in [1.54, 1.807) is 16.9 Å². The molecule has 0 spiro atoms. The Morgan fingerprint density at radius 2 is 2.31 bits per heavy atom. The molecule has 1 atom stereocenters. The van der Waals surface area contributed by atoms with Crippen molar-refractivity contribution in [3.8, 4) is 0 Å². The topological polar surface area (TPSA) is 12.0 Å². The minimum absolute atomic E-state index is 0.432. The predicted octanol–water partition coefficient (Wildman–Crippen LogP) is 4.55. The first-order valence-electron chi connectivity index (χ1n) is 5.90. The molecular formula is C13H18ClNS. The van der Waals surface area contributed by atoms with E-state index in [1.807, 2.05) is 13.1 Å². The monoisotopic (exact) mass is 255 g/mol. The average molecular weight is 256 g/mol. The molecule has 1 aromatic heterocycles. The summed E-state index contributed by atoms with van der Waals surface area (Å²) in [6, 6.07) is 4.56. The molecule has 0 fully saturated rings. The van der Waals surface area contributed by atoms with Gasteiger partial charge in [-0.25, -0.2) is 0 Å². The number of rotatable bonds is 4. The number of nitrogens with one attached hydrogen (secondary N) is 1. The molecule has 2 rings (SSSR count). The van der Waals surface area contributed by atoms with E-state index < -0.39 is 0 Å². The van der Waals surface area contributed by atoms with Gasteiger partial charge >= 0.3 is 0 Å². The highest BCUT2D eigenvalue weighted by molar-refractivity contribution is 7.16. The largest absolute Gasteiger partial charge is 0.312 e. The fourth-order valence-corrected chi connectivity index (χ4v) is 3.38. The fraction of sp³-hybridized carbons (Fsp3) is 0.538. The second-order valence-corrected chi connectivity index (χ2v) is 6.04. The van der Waals surface area contributed by atoms with Crippen LogP contribution in [-0.2, 0) is 0 Å². The first-order chi connectivity index (χ1) is 7.79. The lowest BCUT2D eigenvalue weighted by Gasteiger charge is -2.19. The highest BCUT2D eigenvalue weighted by Crippen LogP contribution is 2.32. The molecule has 1 aromatic rings. The summed E-state index contributed by atoms with van der Waals surface area (Å²) in [4.78, 5) is 1.35. The van der Waals surface area contributed by atoms with Gasteiger partial charge in [-0.3, -0.25) is 0 Å². The zero-order chi connectivity index (χ0) is 11.4. The van der Waals surface area contributed by atoms with Crippen LogP contribution in [0.25, 0.3) is 0 Å². The number of hydrogen-bond acceptors (Lipinski definition) is 2. The molecule has 16 heavy (non-hydrogen) atoms. The molecule has 0 bridgehead atoms. The Kier molecular flexibility index (Phi) is 4.45. The number of hydrogen-bond donors (Lipinski definition) is 1. The quantitative estimate of drug-likeness (QED) is 0.779. The highest BCUT2D eigenvalue weighted by atomic mass is 35.5. The Hall–Kier alpha value is -0.310. The van der Waals surface area contributed by atoms with Crippen LogP contribution in [0, 0.1) is 0 Å². The maximum Gasteiger partial charge on any atom is 0.0931 e. The van der Waals surface area contributed by atoms with Crippen molar-refractivity contribution in [1.82, 2.24) is 5.32 Å². The average Bonchev–Trinajstić information content (AvgIpc) is 2.74. The van der Waals surface area contributed by atoms with Crippen molar-refractivity contribution in [2.75, 3.05) is 7.05 Å². The molecule has 3 heteroatoms. The maximum atomic E-state index is 5.98. The van der Waals surface area contributed by atoms with Gasteiger partial charge in [-0.15, -0.1) is 11.3 Å². The second kappa shape index (κ2) is 5.85. The van der Waals surface area contributed by atoms with Gasteiger partial charge in [0.15, 0.2) is 0 Å². The lowest BCUT2D eigenvalue weighted by molar-refractivity contribution is 0.566. The Balaban J connectivity index is 2.02. The van der Waals surface area contributed by atoms with Gasteiger partial charge in [0, 0.05) is 10.9 Å². The number of halogens is 1. The molecule has 0 saturated carbocycles. The normalized spacial score (nSPS) is 18.2. The molecule has 1 nitrogen and oxygen atoms in total. The molecule has 0 aromatic carbocycles. The van der Waals surface area contributed by atoms with Gasteiger partial charge in [0.2, 0.25) is 0 Å². The van der Waals surface area contributed by atoms with Crippen LogP contribution < -0.4 is 5.32 Å². The summed E-state index contributed by atoms with van der Waals surface area (Å²) >= 11 is 7.67. The van der Waals surface area contributed by atoms with E-state index >= 15 is 0 Å². The predicted molar refractivity (Wildman–Crippen MR) is 72.3 cm³/mol. The molecule has 0 radical (unpaired) electrons. The summed E-state index contributed by atoms with van der Waals surface area (Å²) in [7, 11) is 2.03. The minimum atomic E-state index is 0.432. The summed E-state index contributed by atoms with van der Waals surface area (Å²) < 4.78 is 0.882. The van der Waals surface area contributed by atoms with E-state index in [0.29, 0.717) is 6.04 Å². The lowest BCUT2D eigenvalue weighted by Crippen LogP contribution is -2.16. The van der Waals surface area contributed by atoms with Crippen LogP contribution in [0.3, 0.4) is 0 Å². The Morgan fingerprint density at radius 3 is 2.88 bits per heavy atom. The molecule has 0 amide bonds. The van der Waals surface area contributed by atoms with Crippen LogP contribution in [-0.4, -0.2) is 7.05 Å². The van der Waals surface area contributed by atoms with E-state index in [4.69, 9.17) is 11.6 Å². The smallest absolute Gasteiger partial charge is 0.0931 e. The Labute approximate surface area is 107 Å². The summed E-state index contributed by atoms with van der Waals surface area (Å²) in [5.41, 5.74) is 1.61. The van der Waals surface area contributed by atoms with Gasteiger partial charge in [-0.1, -0.05) is 23.3 Å². The van der Waals surface area contributed by atoms with E-state index in [9.17, 15) is 0 Å². The minimum Gasteiger partial charge on any atom is -0.312 e. The Morgan fingerprint density at radius 1 is 1.44 bits per heavy atom. The van der Waals surface area contributed by atoms with Crippen molar-refractivity contribution < 1.29 is 0 Å². The lowest BCUT2D eigenvalue weighted by atomic mass is 9.94. The molecule has 88 valence electrons. The summed E-state index contributed by atoms with van der Waals surface area (Å²) in [5, 5.41) is 3.39. The van der Waals surface area contributed by atoms with E-state index in [-0.39, 0.29) is 0 Å². The van der Waals surface area contributed by atoms with Crippen LogP contribution in [0.15, 0.2) is 23.8 Å². The van der Waals surface area contributed by atoms with Crippen molar-refractivity contribution in [3.05, 3.63) is 33.0 Å². The Bertz CT molecular complexity index is 370. The van der Waals surface area contributed by atoms with Gasteiger partial charge in [0.25, 0.3) is 0 Å². The molecule has 1 aliphatic rings. The van der Waals surface area contributed by atoms with Crippen LogP contribution in [0.2, 0.25) is 4.34 Å². The van der Waals surface area contributed by atoms with E-state index in [1.165, 1.54) is 30.6 Å². The van der Waals surface area contributed by atoms with Crippen LogP contribution >= 0.6 is 22.9 Å². The van der Waals surface area contributed by atoms with Crippen molar-refractivity contribution in [2.24, 2.45) is 0 Å². The fourth-order valence-electron chi connectivity index (χ4n) is 2.21. The first-order valence-corrected chi connectivity index (χ1v) is 7.09. The highest BCUT2D eigenvalue weighted by Gasteiger charge is 2.14. The number of allylic oxidation sites excluding steroid dienone is 1. The summed E-state index contributed by atoms with van der Waals surface area (Å²) in [6.45, 7) is 0. The van der Waals surface area contributed by atoms with Crippen LogP contribution in [0.1, 0.15) is 43.0 Å². The molecule has 1 N–H and O–H groups in total. The van der Waals surface area contributed by atoms with E-state index in [2.05, 4.69) is 17.5 Å². The van der Waals surface area contributed by atoms with Gasteiger partial charge in [0.1, 0.15) is 0 Å². The third-order valence-electron chi connectivity index (χ3n) is 3.14. The van der Waals surface area contributed by atoms with Gasteiger partial charge in [0.05, 0.1) is 4.34 Å². The maximum absolute atomic E-state index is 5.98. The van der Waals surface area contributed by atoms with Crippen molar-refractivity contribution >= 4 is 22.9 Å². The zero-order valence-corrected chi connectivity index (χ0v) is 11.2. The SMILES string of the molecule is CNC(CC1=CCCCC1)c1ccc(Cl)s1. The van der Waals surface area contributed by atoms with Crippen molar-refractivity contribution in [1.29, 1.82) is 0 Å². The van der Waals surface area contributed by atoms with Crippen LogP contribution in [0.4, 0.5) is 0 Å². The molecule has 0 saturated heterocycles. The van der Waals surface area contributed by atoms with Gasteiger partial charge < -0.3 is 5.32 Å². The third-order valence-corrected chi connectivity index (χ3v) is 4.48. The summed E-state index contributed by atoms with van der Waals surface area (Å²) in [5.74, 6) is 0. The molecule has 1 unspecified atom stereocenters. The molecule has 1 aliphatic carbocycles. The van der Waals surface area contributed by atoms with Gasteiger partial charge in [-0.05, 0) is 51.3 Å². The first kappa shape index (κ1) is 12.2. The number of thiophene rings is 1. The molecular weight excluding hydrogens is 238 g/mol. The summed E-state index contributed by atoms with van der Waals surface area (Å²) in [6.07, 6.45) is 8.80. The molecule has 0 aliphatic heterocycles. The zero-order valence-electron chi connectivity index (χ0n) is 9.63.